The summed E-state index contributed by atoms with van der Waals surface area (Å²) in [6, 6.07) is 4.37. The third-order valence-electron chi connectivity index (χ3n) is 2.90. The zero-order valence-corrected chi connectivity index (χ0v) is 11.3. The minimum atomic E-state index is 0.0892. The Labute approximate surface area is 104 Å². The number of nitrogens with zero attached hydrogens (tertiary/aromatic N) is 3. The molecule has 0 aliphatic rings. The Kier molecular flexibility index (Phi) is 5.55. The van der Waals surface area contributed by atoms with Crippen molar-refractivity contribution in [2.24, 2.45) is 5.73 Å². The van der Waals surface area contributed by atoms with E-state index < -0.39 is 0 Å². The summed E-state index contributed by atoms with van der Waals surface area (Å²) in [6.07, 6.45) is 3.70. The highest BCUT2D eigenvalue weighted by Crippen LogP contribution is 2.20. The highest BCUT2D eigenvalue weighted by Gasteiger charge is 2.20. The standard InChI is InChI=1S/C13H24N4/c1-11(14)13(12-6-5-7-15-10-12)17(4)9-8-16(2)3/h5-7,10-11,13H,8-9,14H2,1-4H3. The van der Waals surface area contributed by atoms with Crippen LogP contribution in [0, 0.1) is 0 Å². The van der Waals surface area contributed by atoms with Crippen LogP contribution in [0.15, 0.2) is 24.5 Å². The number of likely N-dealkylation sites (N-methyl/N-ethyl adjacent to an activating group) is 2. The molecule has 0 saturated heterocycles. The zero-order valence-electron chi connectivity index (χ0n) is 11.3. The summed E-state index contributed by atoms with van der Waals surface area (Å²) in [5, 5.41) is 0. The van der Waals surface area contributed by atoms with Crippen molar-refractivity contribution in [2.45, 2.75) is 19.0 Å². The Morgan fingerprint density at radius 2 is 2.00 bits per heavy atom. The monoisotopic (exact) mass is 236 g/mol. The van der Waals surface area contributed by atoms with Gasteiger partial charge in [-0.1, -0.05) is 6.07 Å². The number of aromatic nitrogens is 1. The second-order valence-corrected chi connectivity index (χ2v) is 4.87. The fourth-order valence-corrected chi connectivity index (χ4v) is 2.01. The normalized spacial score (nSPS) is 15.2. The molecule has 2 N–H and O–H groups in total. The Morgan fingerprint density at radius 1 is 1.29 bits per heavy atom. The molecule has 0 radical (unpaired) electrons. The maximum Gasteiger partial charge on any atom is 0.0509 e. The van der Waals surface area contributed by atoms with Crippen molar-refractivity contribution < 1.29 is 0 Å². The van der Waals surface area contributed by atoms with Crippen LogP contribution in [0.3, 0.4) is 0 Å². The van der Waals surface area contributed by atoms with Gasteiger partial charge in [0.2, 0.25) is 0 Å². The lowest BCUT2D eigenvalue weighted by atomic mass is 10.0. The highest BCUT2D eigenvalue weighted by molar-refractivity contribution is 5.15. The molecule has 4 nitrogen and oxygen atoms in total. The molecule has 0 aliphatic heterocycles. The van der Waals surface area contributed by atoms with Gasteiger partial charge in [-0.3, -0.25) is 9.88 Å². The third kappa shape index (κ3) is 4.42. The van der Waals surface area contributed by atoms with Gasteiger partial charge in [-0.2, -0.15) is 0 Å². The molecule has 0 aromatic carbocycles. The highest BCUT2D eigenvalue weighted by atomic mass is 15.2. The lowest BCUT2D eigenvalue weighted by molar-refractivity contribution is 0.198. The molecule has 0 bridgehead atoms. The van der Waals surface area contributed by atoms with Gasteiger partial charge in [0.15, 0.2) is 0 Å². The summed E-state index contributed by atoms with van der Waals surface area (Å²) >= 11 is 0. The van der Waals surface area contributed by atoms with Gasteiger partial charge in [-0.05, 0) is 39.7 Å². The topological polar surface area (TPSA) is 45.4 Å². The van der Waals surface area contributed by atoms with Crippen LogP contribution in [0.25, 0.3) is 0 Å². The van der Waals surface area contributed by atoms with E-state index in [1.54, 1.807) is 6.20 Å². The molecule has 1 aromatic heterocycles. The second kappa shape index (κ2) is 6.69. The molecule has 1 aromatic rings. The van der Waals surface area contributed by atoms with Gasteiger partial charge in [-0.25, -0.2) is 0 Å². The summed E-state index contributed by atoms with van der Waals surface area (Å²) in [4.78, 5) is 8.64. The SMILES string of the molecule is CC(N)C(c1cccnc1)N(C)CCN(C)C. The van der Waals surface area contributed by atoms with E-state index in [4.69, 9.17) is 5.73 Å². The van der Waals surface area contributed by atoms with Gasteiger partial charge in [-0.15, -0.1) is 0 Å². The number of hydrogen-bond acceptors (Lipinski definition) is 4. The third-order valence-corrected chi connectivity index (χ3v) is 2.90. The van der Waals surface area contributed by atoms with Crippen LogP contribution in [-0.4, -0.2) is 55.1 Å². The lowest BCUT2D eigenvalue weighted by Gasteiger charge is -2.32. The molecule has 2 atom stereocenters. The molecule has 2 unspecified atom stereocenters. The quantitative estimate of drug-likeness (QED) is 0.799. The average molecular weight is 236 g/mol. The molecule has 1 heterocycles. The maximum absolute atomic E-state index is 6.09. The summed E-state index contributed by atoms with van der Waals surface area (Å²) in [6.45, 7) is 4.07. The van der Waals surface area contributed by atoms with Gasteiger partial charge in [0.1, 0.15) is 0 Å². The molecular weight excluding hydrogens is 212 g/mol. The van der Waals surface area contributed by atoms with E-state index in [0.717, 1.165) is 13.1 Å². The van der Waals surface area contributed by atoms with Crippen molar-refractivity contribution in [1.82, 2.24) is 14.8 Å². The maximum atomic E-state index is 6.09. The predicted octanol–water partition coefficient (Wildman–Crippen LogP) is 0.963. The van der Waals surface area contributed by atoms with Crippen molar-refractivity contribution in [3.63, 3.8) is 0 Å². The van der Waals surface area contributed by atoms with Crippen LogP contribution in [0.4, 0.5) is 0 Å². The minimum Gasteiger partial charge on any atom is -0.326 e. The number of nitrogens with two attached hydrogens (primary N) is 1. The first-order valence-corrected chi connectivity index (χ1v) is 6.03. The molecule has 0 fully saturated rings. The van der Waals surface area contributed by atoms with Gasteiger partial charge < -0.3 is 10.6 Å². The molecule has 17 heavy (non-hydrogen) atoms. The molecule has 0 saturated carbocycles. The summed E-state index contributed by atoms with van der Waals surface area (Å²) in [5.41, 5.74) is 7.28. The first kappa shape index (κ1) is 14.1. The van der Waals surface area contributed by atoms with E-state index in [1.165, 1.54) is 5.56 Å². The molecular formula is C13H24N4. The Bertz CT molecular complexity index is 310. The molecule has 0 aliphatic carbocycles. The van der Waals surface area contributed by atoms with Crippen LogP contribution in [0.2, 0.25) is 0 Å². The molecule has 4 heteroatoms. The van der Waals surface area contributed by atoms with Gasteiger partial charge in [0, 0.05) is 31.5 Å². The van der Waals surface area contributed by atoms with Crippen LogP contribution < -0.4 is 5.73 Å². The molecule has 0 amide bonds. The smallest absolute Gasteiger partial charge is 0.0509 e. The van der Waals surface area contributed by atoms with Gasteiger partial charge in [0.25, 0.3) is 0 Å². The van der Waals surface area contributed by atoms with E-state index >= 15 is 0 Å². The Morgan fingerprint density at radius 3 is 2.47 bits per heavy atom. The summed E-state index contributed by atoms with van der Waals surface area (Å²) in [7, 11) is 6.28. The largest absolute Gasteiger partial charge is 0.326 e. The van der Waals surface area contributed by atoms with Crippen molar-refractivity contribution >= 4 is 0 Å². The van der Waals surface area contributed by atoms with Crippen molar-refractivity contribution in [3.05, 3.63) is 30.1 Å². The minimum absolute atomic E-state index is 0.0892. The van der Waals surface area contributed by atoms with Crippen LogP contribution in [0.1, 0.15) is 18.5 Å². The van der Waals surface area contributed by atoms with Crippen molar-refractivity contribution in [1.29, 1.82) is 0 Å². The summed E-state index contributed by atoms with van der Waals surface area (Å²) < 4.78 is 0. The molecule has 1 rings (SSSR count). The Balaban J connectivity index is 2.72. The van der Waals surface area contributed by atoms with Crippen molar-refractivity contribution in [3.8, 4) is 0 Å². The van der Waals surface area contributed by atoms with Gasteiger partial charge in [0.05, 0.1) is 6.04 Å². The van der Waals surface area contributed by atoms with Crippen molar-refractivity contribution in [2.75, 3.05) is 34.2 Å². The Hall–Kier alpha value is -0.970. The van der Waals surface area contributed by atoms with E-state index in [0.29, 0.717) is 0 Å². The van der Waals surface area contributed by atoms with Crippen LogP contribution in [-0.2, 0) is 0 Å². The summed E-state index contributed by atoms with van der Waals surface area (Å²) in [5.74, 6) is 0. The van der Waals surface area contributed by atoms with E-state index in [2.05, 4.69) is 42.0 Å². The van der Waals surface area contributed by atoms with Crippen LogP contribution >= 0.6 is 0 Å². The van der Waals surface area contributed by atoms with Gasteiger partial charge >= 0.3 is 0 Å². The van der Waals surface area contributed by atoms with E-state index in [-0.39, 0.29) is 12.1 Å². The fourth-order valence-electron chi connectivity index (χ4n) is 2.01. The average Bonchev–Trinajstić information content (AvgIpc) is 2.27. The number of hydrogen-bond donors (Lipinski definition) is 1. The fraction of sp³-hybridized carbons (Fsp3) is 0.615. The first-order valence-electron chi connectivity index (χ1n) is 6.03. The van der Waals surface area contributed by atoms with E-state index in [1.807, 2.05) is 19.2 Å². The number of pyridine rings is 1. The number of rotatable bonds is 6. The zero-order chi connectivity index (χ0) is 12.8. The van der Waals surface area contributed by atoms with Crippen LogP contribution in [0.5, 0.6) is 0 Å². The van der Waals surface area contributed by atoms with E-state index in [9.17, 15) is 0 Å². The first-order chi connectivity index (χ1) is 8.02. The predicted molar refractivity (Wildman–Crippen MR) is 71.8 cm³/mol. The molecule has 96 valence electrons. The second-order valence-electron chi connectivity index (χ2n) is 4.87. The lowest BCUT2D eigenvalue weighted by Crippen LogP contribution is -2.40. The molecule has 0 spiro atoms.